The largest absolute Gasteiger partial charge is 0.366 e. The maximum absolute atomic E-state index is 5.65. The number of hydrogen-bond donors (Lipinski definition) is 1. The van der Waals surface area contributed by atoms with Crippen molar-refractivity contribution in [2.24, 2.45) is 0 Å². The average Bonchev–Trinajstić information content (AvgIpc) is 2.22. The molecule has 1 unspecified atom stereocenters. The zero-order valence-corrected chi connectivity index (χ0v) is 10.6. The summed E-state index contributed by atoms with van der Waals surface area (Å²) in [5.41, 5.74) is 0. The van der Waals surface area contributed by atoms with E-state index >= 15 is 0 Å². The van der Waals surface area contributed by atoms with Crippen LogP contribution in [0.1, 0.15) is 20.3 Å². The molecule has 15 heavy (non-hydrogen) atoms. The molecule has 0 amide bonds. The minimum Gasteiger partial charge on any atom is -0.366 e. The highest BCUT2D eigenvalue weighted by Gasteiger charge is 2.02. The lowest BCUT2D eigenvalue weighted by atomic mass is 10.2. The van der Waals surface area contributed by atoms with E-state index in [2.05, 4.69) is 29.4 Å². The molecule has 0 radical (unpaired) electrons. The first kappa shape index (κ1) is 12.6. The number of thioether (sulfide) groups is 1. The van der Waals surface area contributed by atoms with Gasteiger partial charge in [0.2, 0.25) is 0 Å². The Bertz CT molecular complexity index is 279. The van der Waals surface area contributed by atoms with E-state index in [1.807, 2.05) is 17.8 Å². The van der Waals surface area contributed by atoms with Gasteiger partial charge in [-0.3, -0.25) is 0 Å². The second kappa shape index (κ2) is 6.90. The van der Waals surface area contributed by atoms with Gasteiger partial charge in [-0.05, 0) is 37.0 Å². The van der Waals surface area contributed by atoms with Gasteiger partial charge in [0, 0.05) is 6.04 Å². The molecule has 0 spiro atoms. The van der Waals surface area contributed by atoms with Crippen LogP contribution >= 0.6 is 23.4 Å². The van der Waals surface area contributed by atoms with E-state index in [0.717, 1.165) is 12.2 Å². The van der Waals surface area contributed by atoms with Crippen molar-refractivity contribution >= 4 is 29.2 Å². The number of rotatable bonds is 6. The molecule has 0 saturated carbocycles. The van der Waals surface area contributed by atoms with Crippen molar-refractivity contribution in [2.45, 2.75) is 26.3 Å². The summed E-state index contributed by atoms with van der Waals surface area (Å²) >= 11 is 7.60. The highest BCUT2D eigenvalue weighted by Crippen LogP contribution is 2.10. The fraction of sp³-hybridized carbons (Fsp3) is 0.600. The minimum absolute atomic E-state index is 0.416. The van der Waals surface area contributed by atoms with Crippen LogP contribution in [0.2, 0.25) is 5.15 Å². The van der Waals surface area contributed by atoms with Gasteiger partial charge >= 0.3 is 0 Å². The highest BCUT2D eigenvalue weighted by atomic mass is 35.5. The van der Waals surface area contributed by atoms with Crippen LogP contribution in [0.3, 0.4) is 0 Å². The Morgan fingerprint density at radius 3 is 2.87 bits per heavy atom. The molecule has 1 atom stereocenters. The molecule has 1 heterocycles. The van der Waals surface area contributed by atoms with Crippen molar-refractivity contribution in [2.75, 3.05) is 16.8 Å². The molecule has 0 aromatic carbocycles. The third-order valence-corrected chi connectivity index (χ3v) is 3.06. The predicted molar refractivity (Wildman–Crippen MR) is 67.7 cm³/mol. The Balaban J connectivity index is 2.31. The molecule has 0 aliphatic rings. The molecule has 0 fully saturated rings. The topological polar surface area (TPSA) is 37.8 Å². The summed E-state index contributed by atoms with van der Waals surface area (Å²) in [4.78, 5) is 0. The lowest BCUT2D eigenvalue weighted by Gasteiger charge is -2.13. The van der Waals surface area contributed by atoms with E-state index in [-0.39, 0.29) is 0 Å². The summed E-state index contributed by atoms with van der Waals surface area (Å²) in [5, 5.41) is 11.4. The van der Waals surface area contributed by atoms with Gasteiger partial charge in [-0.25, -0.2) is 0 Å². The summed E-state index contributed by atoms with van der Waals surface area (Å²) in [7, 11) is 0. The van der Waals surface area contributed by atoms with E-state index in [1.54, 1.807) is 6.07 Å². The molecule has 0 aliphatic carbocycles. The molecule has 1 rings (SSSR count). The lowest BCUT2D eigenvalue weighted by molar-refractivity contribution is 0.762. The third kappa shape index (κ3) is 5.23. The maximum atomic E-state index is 5.65. The SMILES string of the molecule is CCSCCC(C)Nc1ccc(Cl)nn1. The smallest absolute Gasteiger partial charge is 0.151 e. The van der Waals surface area contributed by atoms with Crippen molar-refractivity contribution in [1.29, 1.82) is 0 Å². The number of anilines is 1. The molecule has 3 nitrogen and oxygen atoms in total. The van der Waals surface area contributed by atoms with E-state index in [1.165, 1.54) is 11.5 Å². The Hall–Kier alpha value is -0.480. The zero-order valence-electron chi connectivity index (χ0n) is 9.03. The molecular formula is C10H16ClN3S. The minimum atomic E-state index is 0.416. The summed E-state index contributed by atoms with van der Waals surface area (Å²) < 4.78 is 0. The van der Waals surface area contributed by atoms with Gasteiger partial charge in [0.1, 0.15) is 5.82 Å². The molecule has 1 aromatic rings. The summed E-state index contributed by atoms with van der Waals surface area (Å²) in [6.07, 6.45) is 1.13. The van der Waals surface area contributed by atoms with Crippen molar-refractivity contribution in [3.05, 3.63) is 17.3 Å². The fourth-order valence-corrected chi connectivity index (χ4v) is 2.03. The number of halogens is 1. The summed E-state index contributed by atoms with van der Waals surface area (Å²) in [6, 6.07) is 4.00. The van der Waals surface area contributed by atoms with Crippen LogP contribution in [-0.2, 0) is 0 Å². The van der Waals surface area contributed by atoms with E-state index in [4.69, 9.17) is 11.6 Å². The van der Waals surface area contributed by atoms with Crippen LogP contribution in [-0.4, -0.2) is 27.7 Å². The summed E-state index contributed by atoms with van der Waals surface area (Å²) in [5.74, 6) is 3.13. The van der Waals surface area contributed by atoms with Gasteiger partial charge in [0.15, 0.2) is 5.15 Å². The molecule has 5 heteroatoms. The van der Waals surface area contributed by atoms with Crippen LogP contribution in [0.4, 0.5) is 5.82 Å². The standard InChI is InChI=1S/C10H16ClN3S/c1-3-15-7-6-8(2)12-10-5-4-9(11)13-14-10/h4-5,8H,3,6-7H2,1-2H3,(H,12,14). The Labute approximate surface area is 100 Å². The molecule has 1 N–H and O–H groups in total. The molecule has 0 aliphatic heterocycles. The van der Waals surface area contributed by atoms with Gasteiger partial charge in [0.05, 0.1) is 0 Å². The van der Waals surface area contributed by atoms with Crippen molar-refractivity contribution in [1.82, 2.24) is 10.2 Å². The van der Waals surface area contributed by atoms with Crippen LogP contribution in [0.25, 0.3) is 0 Å². The normalized spacial score (nSPS) is 12.5. The van der Waals surface area contributed by atoms with Gasteiger partial charge in [0.25, 0.3) is 0 Å². The van der Waals surface area contributed by atoms with E-state index in [9.17, 15) is 0 Å². The quantitative estimate of drug-likeness (QED) is 0.782. The van der Waals surface area contributed by atoms with Gasteiger partial charge in [-0.2, -0.15) is 11.8 Å². The molecule has 84 valence electrons. The van der Waals surface area contributed by atoms with Crippen LogP contribution in [0, 0.1) is 0 Å². The number of nitrogens with one attached hydrogen (secondary N) is 1. The Morgan fingerprint density at radius 1 is 1.47 bits per heavy atom. The monoisotopic (exact) mass is 245 g/mol. The number of hydrogen-bond acceptors (Lipinski definition) is 4. The third-order valence-electron chi connectivity index (χ3n) is 1.93. The summed E-state index contributed by atoms with van der Waals surface area (Å²) in [6.45, 7) is 4.32. The first-order valence-corrected chi connectivity index (χ1v) is 6.59. The molecule has 1 aromatic heterocycles. The molecular weight excluding hydrogens is 230 g/mol. The first-order valence-electron chi connectivity index (χ1n) is 5.06. The average molecular weight is 246 g/mol. The first-order chi connectivity index (χ1) is 7.22. The second-order valence-electron chi connectivity index (χ2n) is 3.27. The van der Waals surface area contributed by atoms with Crippen molar-refractivity contribution < 1.29 is 0 Å². The second-order valence-corrected chi connectivity index (χ2v) is 5.05. The van der Waals surface area contributed by atoms with Gasteiger partial charge in [-0.1, -0.05) is 18.5 Å². The fourth-order valence-electron chi connectivity index (χ4n) is 1.12. The van der Waals surface area contributed by atoms with Crippen molar-refractivity contribution in [3.8, 4) is 0 Å². The van der Waals surface area contributed by atoms with Gasteiger partial charge in [-0.15, -0.1) is 10.2 Å². The van der Waals surface area contributed by atoms with E-state index in [0.29, 0.717) is 11.2 Å². The highest BCUT2D eigenvalue weighted by molar-refractivity contribution is 7.99. The Morgan fingerprint density at radius 2 is 2.27 bits per heavy atom. The van der Waals surface area contributed by atoms with Gasteiger partial charge < -0.3 is 5.32 Å². The van der Waals surface area contributed by atoms with Crippen LogP contribution < -0.4 is 5.32 Å². The van der Waals surface area contributed by atoms with Crippen LogP contribution in [0.15, 0.2) is 12.1 Å². The molecule has 0 bridgehead atoms. The van der Waals surface area contributed by atoms with E-state index < -0.39 is 0 Å². The lowest BCUT2D eigenvalue weighted by Crippen LogP contribution is -2.17. The van der Waals surface area contributed by atoms with Crippen molar-refractivity contribution in [3.63, 3.8) is 0 Å². The number of aromatic nitrogens is 2. The zero-order chi connectivity index (χ0) is 11.1. The predicted octanol–water partition coefficient (Wildman–Crippen LogP) is 3.07. The van der Waals surface area contributed by atoms with Crippen LogP contribution in [0.5, 0.6) is 0 Å². The maximum Gasteiger partial charge on any atom is 0.151 e. The Kier molecular flexibility index (Phi) is 5.79. The molecule has 0 saturated heterocycles. The number of nitrogens with zero attached hydrogens (tertiary/aromatic N) is 2.